The lowest BCUT2D eigenvalue weighted by molar-refractivity contribution is 0.561. The molecule has 1 aromatic carbocycles. The van der Waals surface area contributed by atoms with Crippen LogP contribution in [0.5, 0.6) is 0 Å². The van der Waals surface area contributed by atoms with E-state index < -0.39 is 10.0 Å². The summed E-state index contributed by atoms with van der Waals surface area (Å²) in [4.78, 5) is 0.294. The molecule has 0 atom stereocenters. The van der Waals surface area contributed by atoms with Crippen molar-refractivity contribution in [2.24, 2.45) is 0 Å². The Bertz CT molecular complexity index is 632. The molecular formula is C14H19N3O2S. The fourth-order valence-corrected chi connectivity index (χ4v) is 2.86. The van der Waals surface area contributed by atoms with Crippen LogP contribution in [-0.2, 0) is 16.6 Å². The van der Waals surface area contributed by atoms with E-state index in [0.717, 1.165) is 5.56 Å². The van der Waals surface area contributed by atoms with E-state index in [0.29, 0.717) is 23.9 Å². The van der Waals surface area contributed by atoms with Crippen LogP contribution in [0.3, 0.4) is 0 Å². The minimum absolute atomic E-state index is 0.294. The zero-order valence-electron chi connectivity index (χ0n) is 11.7. The van der Waals surface area contributed by atoms with Gasteiger partial charge in [0.2, 0.25) is 10.0 Å². The van der Waals surface area contributed by atoms with Gasteiger partial charge < -0.3 is 0 Å². The zero-order chi connectivity index (χ0) is 14.6. The van der Waals surface area contributed by atoms with E-state index >= 15 is 0 Å². The van der Waals surface area contributed by atoms with Crippen molar-refractivity contribution in [1.29, 1.82) is 0 Å². The van der Waals surface area contributed by atoms with E-state index in [-0.39, 0.29) is 0 Å². The summed E-state index contributed by atoms with van der Waals surface area (Å²) in [7, 11) is -3.45. The number of aromatic nitrogens is 2. The van der Waals surface area contributed by atoms with Gasteiger partial charge in [0.15, 0.2) is 0 Å². The average molecular weight is 293 g/mol. The maximum atomic E-state index is 12.1. The Morgan fingerprint density at radius 1 is 1.25 bits per heavy atom. The summed E-state index contributed by atoms with van der Waals surface area (Å²) in [5.41, 5.74) is 1.13. The van der Waals surface area contributed by atoms with Gasteiger partial charge in [0.05, 0.1) is 11.4 Å². The van der Waals surface area contributed by atoms with Crippen LogP contribution in [0.4, 0.5) is 0 Å². The van der Waals surface area contributed by atoms with Crippen molar-refractivity contribution < 1.29 is 8.42 Å². The lowest BCUT2D eigenvalue weighted by Gasteiger charge is -2.09. The fourth-order valence-electron chi connectivity index (χ4n) is 1.84. The highest BCUT2D eigenvalue weighted by Crippen LogP contribution is 2.17. The lowest BCUT2D eigenvalue weighted by Crippen LogP contribution is -2.27. The Morgan fingerprint density at radius 3 is 2.50 bits per heavy atom. The second-order valence-electron chi connectivity index (χ2n) is 4.89. The SMILES string of the molecule is CC(C)c1ccc(S(=O)(=O)NCCn2cccn2)cc1. The maximum Gasteiger partial charge on any atom is 0.240 e. The molecule has 0 aliphatic heterocycles. The molecule has 0 aliphatic rings. The van der Waals surface area contributed by atoms with E-state index in [9.17, 15) is 8.42 Å². The topological polar surface area (TPSA) is 64.0 Å². The van der Waals surface area contributed by atoms with Crippen LogP contribution in [0, 0.1) is 0 Å². The average Bonchev–Trinajstić information content (AvgIpc) is 2.92. The van der Waals surface area contributed by atoms with Crippen LogP contribution in [0.2, 0.25) is 0 Å². The van der Waals surface area contributed by atoms with Gasteiger partial charge in [0.1, 0.15) is 0 Å². The number of benzene rings is 1. The first-order chi connectivity index (χ1) is 9.49. The van der Waals surface area contributed by atoms with E-state index in [1.165, 1.54) is 0 Å². The molecule has 0 radical (unpaired) electrons. The molecule has 0 amide bonds. The Morgan fingerprint density at radius 2 is 1.95 bits per heavy atom. The van der Waals surface area contributed by atoms with Gasteiger partial charge in [-0.25, -0.2) is 13.1 Å². The van der Waals surface area contributed by atoms with E-state index in [1.807, 2.05) is 12.1 Å². The molecule has 0 saturated heterocycles. The number of nitrogens with zero attached hydrogens (tertiary/aromatic N) is 2. The van der Waals surface area contributed by atoms with Crippen LogP contribution >= 0.6 is 0 Å². The standard InChI is InChI=1S/C14H19N3O2S/c1-12(2)13-4-6-14(7-5-13)20(18,19)16-9-11-17-10-3-8-15-17/h3-8,10,12,16H,9,11H2,1-2H3. The Balaban J connectivity index is 1.99. The van der Waals surface area contributed by atoms with Crippen LogP contribution in [0.15, 0.2) is 47.6 Å². The molecule has 2 rings (SSSR count). The highest BCUT2D eigenvalue weighted by molar-refractivity contribution is 7.89. The molecule has 1 heterocycles. The molecule has 0 bridgehead atoms. The van der Waals surface area contributed by atoms with Crippen molar-refractivity contribution in [3.8, 4) is 0 Å². The van der Waals surface area contributed by atoms with Gasteiger partial charge in [-0.15, -0.1) is 0 Å². The number of hydrogen-bond donors (Lipinski definition) is 1. The molecule has 5 nitrogen and oxygen atoms in total. The van der Waals surface area contributed by atoms with Gasteiger partial charge in [-0.05, 0) is 29.7 Å². The smallest absolute Gasteiger partial charge is 0.240 e. The Labute approximate surface area is 119 Å². The minimum Gasteiger partial charge on any atom is -0.271 e. The third kappa shape index (κ3) is 3.68. The van der Waals surface area contributed by atoms with Gasteiger partial charge in [0.25, 0.3) is 0 Å². The summed E-state index contributed by atoms with van der Waals surface area (Å²) < 4.78 is 28.5. The maximum absolute atomic E-state index is 12.1. The molecule has 0 aliphatic carbocycles. The second-order valence-corrected chi connectivity index (χ2v) is 6.66. The van der Waals surface area contributed by atoms with Crippen molar-refractivity contribution in [3.05, 3.63) is 48.3 Å². The van der Waals surface area contributed by atoms with Gasteiger partial charge in [0, 0.05) is 18.9 Å². The molecule has 6 heteroatoms. The third-order valence-electron chi connectivity index (χ3n) is 3.05. The minimum atomic E-state index is -3.45. The highest BCUT2D eigenvalue weighted by Gasteiger charge is 2.13. The molecule has 20 heavy (non-hydrogen) atoms. The van der Waals surface area contributed by atoms with Crippen LogP contribution in [-0.4, -0.2) is 24.7 Å². The van der Waals surface area contributed by atoms with Crippen LogP contribution in [0.25, 0.3) is 0 Å². The van der Waals surface area contributed by atoms with E-state index in [4.69, 9.17) is 0 Å². The molecule has 1 N–H and O–H groups in total. The summed E-state index contributed by atoms with van der Waals surface area (Å²) in [5.74, 6) is 0.388. The van der Waals surface area contributed by atoms with Crippen molar-refractivity contribution in [1.82, 2.24) is 14.5 Å². The summed E-state index contributed by atoms with van der Waals surface area (Å²) in [5, 5.41) is 4.02. The first-order valence-corrected chi connectivity index (χ1v) is 8.04. The van der Waals surface area contributed by atoms with Gasteiger partial charge in [-0.3, -0.25) is 4.68 Å². The molecular weight excluding hydrogens is 274 g/mol. The molecule has 0 spiro atoms. The zero-order valence-corrected chi connectivity index (χ0v) is 12.5. The number of rotatable bonds is 6. The molecule has 2 aromatic rings. The Kier molecular flexibility index (Phi) is 4.57. The molecule has 0 unspecified atom stereocenters. The molecule has 0 fully saturated rings. The van der Waals surface area contributed by atoms with Crippen molar-refractivity contribution in [2.75, 3.05) is 6.54 Å². The summed E-state index contributed by atoms with van der Waals surface area (Å²) >= 11 is 0. The number of nitrogens with one attached hydrogen (secondary N) is 1. The predicted octanol–water partition coefficient (Wildman–Crippen LogP) is 1.99. The largest absolute Gasteiger partial charge is 0.271 e. The monoisotopic (exact) mass is 293 g/mol. The molecule has 108 valence electrons. The summed E-state index contributed by atoms with van der Waals surface area (Å²) in [6.45, 7) is 4.98. The van der Waals surface area contributed by atoms with Gasteiger partial charge in [-0.1, -0.05) is 26.0 Å². The van der Waals surface area contributed by atoms with Crippen molar-refractivity contribution in [2.45, 2.75) is 31.2 Å². The van der Waals surface area contributed by atoms with Crippen LogP contribution in [0.1, 0.15) is 25.3 Å². The second kappa shape index (κ2) is 6.19. The molecule has 1 aromatic heterocycles. The fraction of sp³-hybridized carbons (Fsp3) is 0.357. The number of hydrogen-bond acceptors (Lipinski definition) is 3. The summed E-state index contributed by atoms with van der Waals surface area (Å²) in [6.07, 6.45) is 3.46. The lowest BCUT2D eigenvalue weighted by atomic mass is 10.0. The van der Waals surface area contributed by atoms with E-state index in [1.54, 1.807) is 35.3 Å². The van der Waals surface area contributed by atoms with Gasteiger partial charge in [-0.2, -0.15) is 5.10 Å². The van der Waals surface area contributed by atoms with Gasteiger partial charge >= 0.3 is 0 Å². The summed E-state index contributed by atoms with van der Waals surface area (Å²) in [6, 6.07) is 8.80. The highest BCUT2D eigenvalue weighted by atomic mass is 32.2. The normalized spacial score (nSPS) is 11.9. The van der Waals surface area contributed by atoms with Crippen molar-refractivity contribution in [3.63, 3.8) is 0 Å². The predicted molar refractivity (Wildman–Crippen MR) is 77.9 cm³/mol. The van der Waals surface area contributed by atoms with Crippen molar-refractivity contribution >= 4 is 10.0 Å². The number of sulfonamides is 1. The third-order valence-corrected chi connectivity index (χ3v) is 4.53. The first-order valence-electron chi connectivity index (χ1n) is 6.56. The molecule has 0 saturated carbocycles. The van der Waals surface area contributed by atoms with Crippen LogP contribution < -0.4 is 4.72 Å². The quantitative estimate of drug-likeness (QED) is 0.886. The Hall–Kier alpha value is -1.66. The van der Waals surface area contributed by atoms with E-state index in [2.05, 4.69) is 23.7 Å². The first kappa shape index (κ1) is 14.7.